The van der Waals surface area contributed by atoms with Crippen molar-refractivity contribution in [2.45, 2.75) is 105 Å². The van der Waals surface area contributed by atoms with Crippen LogP contribution < -0.4 is 0 Å². The lowest BCUT2D eigenvalue weighted by molar-refractivity contribution is -0.156. The molecule has 0 aromatic rings. The van der Waals surface area contributed by atoms with Gasteiger partial charge in [0.15, 0.2) is 0 Å². The van der Waals surface area contributed by atoms with Crippen LogP contribution in [0.4, 0.5) is 0 Å². The molecule has 0 saturated heterocycles. The lowest BCUT2D eigenvalue weighted by atomic mass is 9.66. The third-order valence-electron chi connectivity index (χ3n) is 5.40. The van der Waals surface area contributed by atoms with E-state index in [1.54, 1.807) is 0 Å². The minimum Gasteiger partial charge on any atom is -0.481 e. The van der Waals surface area contributed by atoms with Crippen molar-refractivity contribution in [3.63, 3.8) is 0 Å². The molecule has 0 atom stereocenters. The molecule has 132 valence electrons. The maximum Gasteiger partial charge on any atom is 0.310 e. The quantitative estimate of drug-likeness (QED) is 0.363. The van der Waals surface area contributed by atoms with Crippen LogP contribution in [0.5, 0.6) is 0 Å². The van der Waals surface area contributed by atoms with Crippen molar-refractivity contribution in [3.05, 3.63) is 0 Å². The zero-order chi connectivity index (χ0) is 17.0. The van der Waals surface area contributed by atoms with Gasteiger partial charge in [-0.15, -0.1) is 0 Å². The number of rotatable bonds is 14. The largest absolute Gasteiger partial charge is 0.481 e. The number of hydrogen-bond acceptors (Lipinski definition) is 1. The van der Waals surface area contributed by atoms with Crippen LogP contribution in [0.2, 0.25) is 0 Å². The first-order chi connectivity index (χ1) is 10.4. The van der Waals surface area contributed by atoms with Gasteiger partial charge in [0, 0.05) is 0 Å². The molecule has 2 nitrogen and oxygen atoms in total. The predicted octanol–water partition coefficient (Wildman–Crippen LogP) is 6.68. The second kappa shape index (κ2) is 12.0. The Balaban J connectivity index is 3.89. The third-order valence-corrected chi connectivity index (χ3v) is 5.40. The van der Waals surface area contributed by atoms with Crippen LogP contribution in [0.15, 0.2) is 0 Å². The van der Waals surface area contributed by atoms with Gasteiger partial charge in [-0.25, -0.2) is 0 Å². The Morgan fingerprint density at radius 2 is 1.14 bits per heavy atom. The number of aliphatic carboxylic acids is 1. The zero-order valence-electron chi connectivity index (χ0n) is 15.8. The number of carboxylic acids is 1. The van der Waals surface area contributed by atoms with Gasteiger partial charge in [0.25, 0.3) is 0 Å². The van der Waals surface area contributed by atoms with E-state index in [1.165, 1.54) is 57.8 Å². The summed E-state index contributed by atoms with van der Waals surface area (Å²) in [6.45, 7) is 10.5. The standard InChI is InChI=1S/C20H40O2/c1-6-7-8-9-10-11-12-13-14-15-16-20(17(2)3,18(4)5)19(21)22/h17-18H,6-16H2,1-5H3,(H,21,22). The predicted molar refractivity (Wildman–Crippen MR) is 96.2 cm³/mol. The van der Waals surface area contributed by atoms with Crippen LogP contribution in [0.1, 0.15) is 105 Å². The van der Waals surface area contributed by atoms with E-state index < -0.39 is 11.4 Å². The number of unbranched alkanes of at least 4 members (excludes halogenated alkanes) is 9. The first kappa shape index (κ1) is 21.5. The van der Waals surface area contributed by atoms with Crippen molar-refractivity contribution in [3.8, 4) is 0 Å². The third kappa shape index (κ3) is 7.15. The molecule has 0 fully saturated rings. The van der Waals surface area contributed by atoms with E-state index >= 15 is 0 Å². The maximum absolute atomic E-state index is 11.8. The van der Waals surface area contributed by atoms with Crippen molar-refractivity contribution in [2.75, 3.05) is 0 Å². The van der Waals surface area contributed by atoms with Gasteiger partial charge >= 0.3 is 5.97 Å². The molecule has 0 saturated carbocycles. The van der Waals surface area contributed by atoms with Gasteiger partial charge in [-0.2, -0.15) is 0 Å². The Kier molecular flexibility index (Phi) is 11.7. The van der Waals surface area contributed by atoms with Crippen molar-refractivity contribution in [1.29, 1.82) is 0 Å². The van der Waals surface area contributed by atoms with Gasteiger partial charge in [-0.3, -0.25) is 4.79 Å². The van der Waals surface area contributed by atoms with Gasteiger partial charge in [0.05, 0.1) is 5.41 Å². The van der Waals surface area contributed by atoms with Crippen molar-refractivity contribution in [1.82, 2.24) is 0 Å². The summed E-state index contributed by atoms with van der Waals surface area (Å²) in [6.07, 6.45) is 13.8. The number of carbonyl (C=O) groups is 1. The van der Waals surface area contributed by atoms with Gasteiger partial charge in [-0.05, 0) is 18.3 Å². The van der Waals surface area contributed by atoms with Gasteiger partial charge < -0.3 is 5.11 Å². The topological polar surface area (TPSA) is 37.3 Å². The SMILES string of the molecule is CCCCCCCCCCCCC(C(=O)O)(C(C)C)C(C)C. The van der Waals surface area contributed by atoms with Crippen LogP contribution in [-0.4, -0.2) is 11.1 Å². The second-order valence-electron chi connectivity index (χ2n) is 7.59. The Hall–Kier alpha value is -0.530. The molecule has 22 heavy (non-hydrogen) atoms. The van der Waals surface area contributed by atoms with E-state index in [1.807, 2.05) is 0 Å². The summed E-state index contributed by atoms with van der Waals surface area (Å²) in [6, 6.07) is 0. The molecule has 2 heteroatoms. The highest BCUT2D eigenvalue weighted by atomic mass is 16.4. The lowest BCUT2D eigenvalue weighted by Crippen LogP contribution is -2.41. The van der Waals surface area contributed by atoms with Crippen molar-refractivity contribution >= 4 is 5.97 Å². The molecule has 0 amide bonds. The molecule has 1 N–H and O–H groups in total. The summed E-state index contributed by atoms with van der Waals surface area (Å²) in [5.74, 6) is -0.208. The van der Waals surface area contributed by atoms with E-state index in [-0.39, 0.29) is 11.8 Å². The Bertz CT molecular complexity index is 273. The molecular formula is C20H40O2. The summed E-state index contributed by atoms with van der Waals surface area (Å²) in [7, 11) is 0. The zero-order valence-corrected chi connectivity index (χ0v) is 15.8. The van der Waals surface area contributed by atoms with Crippen molar-refractivity contribution < 1.29 is 9.90 Å². The average molecular weight is 313 g/mol. The highest BCUT2D eigenvalue weighted by molar-refractivity contribution is 5.75. The first-order valence-corrected chi connectivity index (χ1v) is 9.63. The van der Waals surface area contributed by atoms with Crippen LogP contribution in [0.25, 0.3) is 0 Å². The summed E-state index contributed by atoms with van der Waals surface area (Å²) in [5, 5.41) is 9.71. The molecule has 0 bridgehead atoms. The van der Waals surface area contributed by atoms with Crippen LogP contribution in [0, 0.1) is 17.3 Å². The van der Waals surface area contributed by atoms with E-state index in [0.29, 0.717) is 0 Å². The molecule has 0 aromatic heterocycles. The fourth-order valence-electron chi connectivity index (χ4n) is 3.75. The molecule has 0 aliphatic rings. The molecule has 0 aliphatic heterocycles. The first-order valence-electron chi connectivity index (χ1n) is 9.63. The van der Waals surface area contributed by atoms with E-state index in [9.17, 15) is 9.90 Å². The van der Waals surface area contributed by atoms with Gasteiger partial charge in [0.1, 0.15) is 0 Å². The highest BCUT2D eigenvalue weighted by Gasteiger charge is 2.43. The second-order valence-corrected chi connectivity index (χ2v) is 7.59. The Morgan fingerprint density at radius 3 is 1.45 bits per heavy atom. The summed E-state index contributed by atoms with van der Waals surface area (Å²) in [5.41, 5.74) is -0.542. The minimum atomic E-state index is -0.603. The minimum absolute atomic E-state index is 0.198. The van der Waals surface area contributed by atoms with Crippen LogP contribution >= 0.6 is 0 Å². The maximum atomic E-state index is 11.8. The van der Waals surface area contributed by atoms with E-state index in [4.69, 9.17) is 0 Å². The van der Waals surface area contributed by atoms with Crippen LogP contribution in [0.3, 0.4) is 0 Å². The monoisotopic (exact) mass is 312 g/mol. The molecular weight excluding hydrogens is 272 g/mol. The molecule has 0 unspecified atom stereocenters. The Labute approximate surface area is 139 Å². The normalized spacial score (nSPS) is 12.3. The Morgan fingerprint density at radius 1 is 0.773 bits per heavy atom. The van der Waals surface area contributed by atoms with Crippen molar-refractivity contribution in [2.24, 2.45) is 17.3 Å². The molecule has 0 heterocycles. The molecule has 0 radical (unpaired) electrons. The smallest absolute Gasteiger partial charge is 0.310 e. The average Bonchev–Trinajstić information content (AvgIpc) is 2.43. The summed E-state index contributed by atoms with van der Waals surface area (Å²) in [4.78, 5) is 11.8. The van der Waals surface area contributed by atoms with Crippen LogP contribution in [-0.2, 0) is 4.79 Å². The van der Waals surface area contributed by atoms with Gasteiger partial charge in [-0.1, -0.05) is 98.8 Å². The van der Waals surface area contributed by atoms with E-state index in [0.717, 1.165) is 12.8 Å². The fraction of sp³-hybridized carbons (Fsp3) is 0.950. The van der Waals surface area contributed by atoms with E-state index in [2.05, 4.69) is 34.6 Å². The number of hydrogen-bond donors (Lipinski definition) is 1. The molecule has 0 aromatic carbocycles. The summed E-state index contributed by atoms with van der Waals surface area (Å²) < 4.78 is 0. The number of carboxylic acid groups (broad SMARTS) is 1. The highest BCUT2D eigenvalue weighted by Crippen LogP contribution is 2.41. The fourth-order valence-corrected chi connectivity index (χ4v) is 3.75. The molecule has 0 spiro atoms. The van der Waals surface area contributed by atoms with Gasteiger partial charge in [0.2, 0.25) is 0 Å². The molecule has 0 rings (SSSR count). The summed E-state index contributed by atoms with van der Waals surface area (Å²) >= 11 is 0. The lowest BCUT2D eigenvalue weighted by Gasteiger charge is -2.37. The molecule has 0 aliphatic carbocycles.